The predicted octanol–water partition coefficient (Wildman–Crippen LogP) is 2.01. The van der Waals surface area contributed by atoms with Crippen LogP contribution in [0.1, 0.15) is 75.1 Å². The van der Waals surface area contributed by atoms with Crippen LogP contribution in [0.4, 0.5) is 9.59 Å². The van der Waals surface area contributed by atoms with Gasteiger partial charge in [-0.3, -0.25) is 14.4 Å². The minimum atomic E-state index is -0.604. The van der Waals surface area contributed by atoms with E-state index >= 15 is 0 Å². The van der Waals surface area contributed by atoms with Gasteiger partial charge >= 0.3 is 18.2 Å². The van der Waals surface area contributed by atoms with Gasteiger partial charge < -0.3 is 49.9 Å². The highest BCUT2D eigenvalue weighted by atomic mass is 16.6. The van der Waals surface area contributed by atoms with Crippen LogP contribution >= 0.6 is 0 Å². The summed E-state index contributed by atoms with van der Waals surface area (Å²) in [7, 11) is 1.26. The summed E-state index contributed by atoms with van der Waals surface area (Å²) in [4.78, 5) is 74.5. The zero-order chi connectivity index (χ0) is 36.9. The van der Waals surface area contributed by atoms with E-state index in [1.807, 2.05) is 0 Å². The van der Waals surface area contributed by atoms with Gasteiger partial charge in [0.15, 0.2) is 0 Å². The molecular formula is C33H53N5O11. The third-order valence-electron chi connectivity index (χ3n) is 6.02. The SMILES string of the molecule is COC(=O)c1ccc(C(=O)N(CCNC(=O)CCOCCNC(=O)OC(C)(C)C)CCNC(=O)CCOCCNC(=O)OC(C)(C)C)cc1. The lowest BCUT2D eigenvalue weighted by atomic mass is 10.1. The molecule has 0 spiro atoms. The Morgan fingerprint density at radius 2 is 1.00 bits per heavy atom. The average molecular weight is 696 g/mol. The largest absolute Gasteiger partial charge is 0.465 e. The summed E-state index contributed by atoms with van der Waals surface area (Å²) in [6.45, 7) is 12.3. The van der Waals surface area contributed by atoms with Crippen molar-refractivity contribution < 1.29 is 52.5 Å². The fraction of sp³-hybridized carbons (Fsp3) is 0.636. The van der Waals surface area contributed by atoms with Crippen molar-refractivity contribution in [2.24, 2.45) is 0 Å². The summed E-state index contributed by atoms with van der Waals surface area (Å²) < 4.78 is 25.8. The van der Waals surface area contributed by atoms with Crippen LogP contribution in [0.3, 0.4) is 0 Å². The summed E-state index contributed by atoms with van der Waals surface area (Å²) in [6.07, 6.45) is -0.959. The lowest BCUT2D eigenvalue weighted by Crippen LogP contribution is -2.43. The van der Waals surface area contributed by atoms with E-state index in [0.29, 0.717) is 5.56 Å². The predicted molar refractivity (Wildman–Crippen MR) is 179 cm³/mol. The number of alkyl carbamates (subject to hydrolysis) is 2. The van der Waals surface area contributed by atoms with Gasteiger partial charge in [-0.2, -0.15) is 0 Å². The number of ether oxygens (including phenoxy) is 5. The Hall–Kier alpha value is -4.44. The molecule has 4 N–H and O–H groups in total. The Balaban J connectivity index is 2.51. The fourth-order valence-corrected chi connectivity index (χ4v) is 3.81. The standard InChI is InChI=1S/C33H53N5O11/c1-32(2,3)48-30(43)36-16-22-46-20-12-26(39)34-14-18-38(28(41)24-8-10-25(11-9-24)29(42)45-7)19-15-35-27(40)13-21-47-23-17-37-31(44)49-33(4,5)6/h8-11H,12-23H2,1-7H3,(H,34,39)(H,35,40)(H,36,43)(H,37,44). The van der Waals surface area contributed by atoms with E-state index in [4.69, 9.17) is 23.7 Å². The summed E-state index contributed by atoms with van der Waals surface area (Å²) in [5.41, 5.74) is -0.608. The minimum absolute atomic E-state index is 0.0740. The van der Waals surface area contributed by atoms with E-state index in [-0.39, 0.29) is 102 Å². The van der Waals surface area contributed by atoms with Crippen molar-refractivity contribution in [1.29, 1.82) is 0 Å². The Labute approximate surface area is 288 Å². The van der Waals surface area contributed by atoms with E-state index in [9.17, 15) is 28.8 Å². The van der Waals surface area contributed by atoms with Gasteiger partial charge in [-0.25, -0.2) is 14.4 Å². The van der Waals surface area contributed by atoms with Gasteiger partial charge in [-0.1, -0.05) is 0 Å². The number of benzene rings is 1. The second-order valence-corrected chi connectivity index (χ2v) is 12.6. The molecule has 0 aliphatic heterocycles. The number of hydrogen-bond acceptors (Lipinski definition) is 11. The number of carbonyl (C=O) groups is 6. The molecule has 0 saturated heterocycles. The molecule has 0 heterocycles. The maximum atomic E-state index is 13.3. The topological polar surface area (TPSA) is 200 Å². The molecule has 0 atom stereocenters. The molecule has 1 rings (SSSR count). The van der Waals surface area contributed by atoms with E-state index in [2.05, 4.69) is 21.3 Å². The van der Waals surface area contributed by atoms with Crippen molar-refractivity contribution in [3.05, 3.63) is 35.4 Å². The van der Waals surface area contributed by atoms with Crippen LogP contribution in [-0.2, 0) is 33.3 Å². The lowest BCUT2D eigenvalue weighted by molar-refractivity contribution is -0.122. The first-order valence-electron chi connectivity index (χ1n) is 16.1. The first-order chi connectivity index (χ1) is 23.0. The third-order valence-corrected chi connectivity index (χ3v) is 6.02. The summed E-state index contributed by atoms with van der Waals surface area (Å²) in [6, 6.07) is 5.96. The van der Waals surface area contributed by atoms with Gasteiger partial charge in [0.05, 0.1) is 39.1 Å². The molecule has 16 heteroatoms. The van der Waals surface area contributed by atoms with Gasteiger partial charge in [-0.05, 0) is 65.8 Å². The van der Waals surface area contributed by atoms with Crippen LogP contribution < -0.4 is 21.3 Å². The van der Waals surface area contributed by atoms with E-state index < -0.39 is 29.4 Å². The molecule has 5 amide bonds. The third kappa shape index (κ3) is 21.2. The molecule has 0 fully saturated rings. The summed E-state index contributed by atoms with van der Waals surface area (Å²) in [5, 5.41) is 10.6. The Kier molecular flexibility index (Phi) is 19.3. The van der Waals surface area contributed by atoms with E-state index in [1.54, 1.807) is 41.5 Å². The number of carbonyl (C=O) groups excluding carboxylic acids is 6. The summed E-state index contributed by atoms with van der Waals surface area (Å²) in [5.74, 6) is -1.47. The molecule has 16 nitrogen and oxygen atoms in total. The van der Waals surface area contributed by atoms with Crippen LogP contribution in [0.5, 0.6) is 0 Å². The highest BCUT2D eigenvalue weighted by molar-refractivity contribution is 5.96. The Bertz CT molecular complexity index is 1150. The summed E-state index contributed by atoms with van der Waals surface area (Å²) >= 11 is 0. The van der Waals surface area contributed by atoms with Gasteiger partial charge in [0.2, 0.25) is 11.8 Å². The van der Waals surface area contributed by atoms with Crippen LogP contribution in [0.2, 0.25) is 0 Å². The Morgan fingerprint density at radius 3 is 1.39 bits per heavy atom. The molecule has 0 unspecified atom stereocenters. The van der Waals surface area contributed by atoms with Gasteiger partial charge in [0, 0.05) is 57.7 Å². The van der Waals surface area contributed by atoms with Crippen molar-refractivity contribution in [3.63, 3.8) is 0 Å². The van der Waals surface area contributed by atoms with Gasteiger partial charge in [0.25, 0.3) is 5.91 Å². The molecule has 1 aromatic rings. The normalized spacial score (nSPS) is 11.2. The number of nitrogens with zero attached hydrogens (tertiary/aromatic N) is 1. The number of methoxy groups -OCH3 is 1. The molecular weight excluding hydrogens is 642 g/mol. The van der Waals surface area contributed by atoms with E-state index in [1.165, 1.54) is 36.3 Å². The highest BCUT2D eigenvalue weighted by Crippen LogP contribution is 2.10. The van der Waals surface area contributed by atoms with Crippen molar-refractivity contribution in [3.8, 4) is 0 Å². The van der Waals surface area contributed by atoms with Crippen LogP contribution in [0, 0.1) is 0 Å². The first kappa shape index (κ1) is 42.6. The van der Waals surface area contributed by atoms with Crippen molar-refractivity contribution in [2.45, 2.75) is 65.6 Å². The molecule has 49 heavy (non-hydrogen) atoms. The quantitative estimate of drug-likeness (QED) is 0.0884. The zero-order valence-electron chi connectivity index (χ0n) is 29.7. The maximum absolute atomic E-state index is 13.3. The monoisotopic (exact) mass is 695 g/mol. The van der Waals surface area contributed by atoms with Gasteiger partial charge in [-0.15, -0.1) is 0 Å². The lowest BCUT2D eigenvalue weighted by Gasteiger charge is -2.23. The van der Waals surface area contributed by atoms with Crippen molar-refractivity contribution in [1.82, 2.24) is 26.2 Å². The van der Waals surface area contributed by atoms with Gasteiger partial charge in [0.1, 0.15) is 11.2 Å². The maximum Gasteiger partial charge on any atom is 0.407 e. The molecule has 0 radical (unpaired) electrons. The molecule has 276 valence electrons. The smallest absolute Gasteiger partial charge is 0.407 e. The van der Waals surface area contributed by atoms with Crippen molar-refractivity contribution in [2.75, 3.05) is 72.8 Å². The Morgan fingerprint density at radius 1 is 0.592 bits per heavy atom. The van der Waals surface area contributed by atoms with Crippen molar-refractivity contribution >= 4 is 35.9 Å². The number of nitrogens with one attached hydrogen (secondary N) is 4. The number of hydrogen-bond donors (Lipinski definition) is 4. The first-order valence-corrected chi connectivity index (χ1v) is 16.1. The number of rotatable bonds is 20. The molecule has 0 aliphatic carbocycles. The van der Waals surface area contributed by atoms with Crippen LogP contribution in [-0.4, -0.2) is 125 Å². The molecule has 0 aliphatic rings. The molecule has 1 aromatic carbocycles. The van der Waals surface area contributed by atoms with Crippen LogP contribution in [0.25, 0.3) is 0 Å². The number of amides is 5. The second kappa shape index (κ2) is 22.2. The minimum Gasteiger partial charge on any atom is -0.465 e. The average Bonchev–Trinajstić information content (AvgIpc) is 3.01. The zero-order valence-corrected chi connectivity index (χ0v) is 29.7. The number of esters is 1. The van der Waals surface area contributed by atoms with Crippen LogP contribution in [0.15, 0.2) is 24.3 Å². The second-order valence-electron chi connectivity index (χ2n) is 12.6. The molecule has 0 aromatic heterocycles. The molecule has 0 saturated carbocycles. The van der Waals surface area contributed by atoms with E-state index in [0.717, 1.165) is 0 Å². The highest BCUT2D eigenvalue weighted by Gasteiger charge is 2.19. The fourth-order valence-electron chi connectivity index (χ4n) is 3.81. The molecule has 0 bridgehead atoms.